The first-order valence-electron chi connectivity index (χ1n) is 16.1. The summed E-state index contributed by atoms with van der Waals surface area (Å²) in [5.41, 5.74) is 14.5. The molecule has 0 aliphatic heterocycles. The first kappa shape index (κ1) is 33.9. The summed E-state index contributed by atoms with van der Waals surface area (Å²) in [7, 11) is 0. The van der Waals surface area contributed by atoms with Crippen LogP contribution in [-0.4, -0.2) is 31.1 Å². The van der Waals surface area contributed by atoms with Gasteiger partial charge in [0, 0.05) is 13.0 Å². The monoisotopic (exact) mass is 622 g/mol. The molecule has 0 bridgehead atoms. The van der Waals surface area contributed by atoms with Crippen LogP contribution in [0.15, 0.2) is 114 Å². The van der Waals surface area contributed by atoms with Crippen molar-refractivity contribution in [3.8, 4) is 17.2 Å². The number of hydrogen-bond acceptors (Lipinski definition) is 5. The van der Waals surface area contributed by atoms with E-state index in [-0.39, 0.29) is 11.9 Å². The smallest absolute Gasteiger partial charge is 0.245 e. The van der Waals surface area contributed by atoms with Gasteiger partial charge in [-0.1, -0.05) is 98.5 Å². The normalized spacial score (nSPS) is 11.3. The molecule has 0 aliphatic carbocycles. The minimum atomic E-state index is -0.681. The fourth-order valence-corrected chi connectivity index (χ4v) is 4.89. The zero-order valence-corrected chi connectivity index (χ0v) is 26.5. The Labute approximate surface area is 272 Å². The number of hydrogen-bond donors (Lipinski definition) is 3. The number of unbranched alkanes of at least 4 members (excludes halogenated alkanes) is 5. The van der Waals surface area contributed by atoms with E-state index < -0.39 is 6.04 Å². The lowest BCUT2D eigenvalue weighted by Gasteiger charge is -2.14. The number of carbonyl (C=O) groups excluding carboxylic acids is 1. The number of nitrogens with one attached hydrogen (secondary N) is 1. The molecule has 46 heavy (non-hydrogen) atoms. The molecule has 0 aliphatic rings. The molecule has 4 rings (SSSR count). The van der Waals surface area contributed by atoms with Gasteiger partial charge in [-0.3, -0.25) is 4.79 Å². The highest BCUT2D eigenvalue weighted by atomic mass is 16.5. The number of ether oxygens (including phenoxy) is 3. The summed E-state index contributed by atoms with van der Waals surface area (Å²) in [4.78, 5) is 17.1. The number of carbonyl (C=O) groups is 1. The fraction of sp³-hybridized carbons (Fsp3) is 0.316. The van der Waals surface area contributed by atoms with Crippen LogP contribution in [0.2, 0.25) is 0 Å². The molecule has 0 spiro atoms. The van der Waals surface area contributed by atoms with E-state index in [4.69, 9.17) is 25.7 Å². The topological polar surface area (TPSA) is 121 Å². The maximum atomic E-state index is 12.9. The van der Waals surface area contributed by atoms with Gasteiger partial charge in [0.15, 0.2) is 5.96 Å². The van der Waals surface area contributed by atoms with Crippen molar-refractivity contribution in [2.75, 3.05) is 13.2 Å². The number of aliphatic imine (C=N–C) groups is 1. The molecule has 0 saturated heterocycles. The molecule has 1 amide bonds. The van der Waals surface area contributed by atoms with Crippen molar-refractivity contribution < 1.29 is 19.0 Å². The van der Waals surface area contributed by atoms with Gasteiger partial charge in [0.25, 0.3) is 0 Å². The van der Waals surface area contributed by atoms with Crippen molar-refractivity contribution in [3.63, 3.8) is 0 Å². The highest BCUT2D eigenvalue weighted by molar-refractivity contribution is 5.86. The van der Waals surface area contributed by atoms with Crippen molar-refractivity contribution in [1.29, 1.82) is 0 Å². The van der Waals surface area contributed by atoms with Crippen LogP contribution < -0.4 is 31.0 Å². The number of nitrogens with zero attached hydrogens (tertiary/aromatic N) is 1. The minimum Gasteiger partial charge on any atom is -0.494 e. The zero-order valence-electron chi connectivity index (χ0n) is 26.5. The molecular weight excluding hydrogens is 576 g/mol. The van der Waals surface area contributed by atoms with Crippen LogP contribution in [0.3, 0.4) is 0 Å². The average Bonchev–Trinajstić information content (AvgIpc) is 3.08. The van der Waals surface area contributed by atoms with E-state index in [1.165, 1.54) is 0 Å². The standard InChI is InChI=1S/C38H46N4O4/c39-38(40)42-36(27-30-17-19-34(20-18-30)45-28-31-13-7-5-8-14-31)37(43)41-25-11-3-1-2-4-12-26-44-33-21-23-35(24-22-33)46-29-32-15-9-6-10-16-32/h5-10,13-24,36H,1-4,11-12,25-29H2,(H,41,43)(H4,39,40,42). The summed E-state index contributed by atoms with van der Waals surface area (Å²) >= 11 is 0. The molecule has 0 saturated carbocycles. The summed E-state index contributed by atoms with van der Waals surface area (Å²) < 4.78 is 17.6. The molecule has 0 aromatic heterocycles. The molecule has 4 aromatic carbocycles. The Bertz CT molecular complexity index is 1440. The Hall–Kier alpha value is -4.98. The summed E-state index contributed by atoms with van der Waals surface area (Å²) in [6.07, 6.45) is 6.70. The minimum absolute atomic E-state index is 0.100. The fourth-order valence-electron chi connectivity index (χ4n) is 4.89. The Kier molecular flexibility index (Phi) is 14.3. The Morgan fingerprint density at radius 1 is 0.587 bits per heavy atom. The second kappa shape index (κ2) is 19.4. The highest BCUT2D eigenvalue weighted by Gasteiger charge is 2.18. The number of benzene rings is 4. The zero-order chi connectivity index (χ0) is 32.2. The summed E-state index contributed by atoms with van der Waals surface area (Å²) in [5.74, 6) is 2.17. The molecule has 0 heterocycles. The second-order valence-corrected chi connectivity index (χ2v) is 11.2. The van der Waals surface area contributed by atoms with E-state index in [9.17, 15) is 4.79 Å². The van der Waals surface area contributed by atoms with Gasteiger partial charge in [0.2, 0.25) is 5.91 Å². The van der Waals surface area contributed by atoms with Crippen LogP contribution in [0.25, 0.3) is 0 Å². The molecular formula is C38H46N4O4. The van der Waals surface area contributed by atoms with Gasteiger partial charge in [-0.2, -0.15) is 0 Å². The SMILES string of the molecule is NC(N)=NC(Cc1ccc(OCc2ccccc2)cc1)C(=O)NCCCCCCCCOc1ccc(OCc2ccccc2)cc1. The quantitative estimate of drug-likeness (QED) is 0.0583. The molecule has 1 atom stereocenters. The van der Waals surface area contributed by atoms with Crippen LogP contribution in [0, 0.1) is 0 Å². The third-order valence-electron chi connectivity index (χ3n) is 7.42. The van der Waals surface area contributed by atoms with E-state index >= 15 is 0 Å². The number of guanidine groups is 1. The average molecular weight is 623 g/mol. The van der Waals surface area contributed by atoms with E-state index in [1.54, 1.807) is 0 Å². The summed E-state index contributed by atoms with van der Waals surface area (Å²) in [6, 6.07) is 34.9. The van der Waals surface area contributed by atoms with Gasteiger partial charge in [-0.25, -0.2) is 4.99 Å². The van der Waals surface area contributed by atoms with Crippen molar-refractivity contribution in [1.82, 2.24) is 5.32 Å². The number of nitrogens with two attached hydrogens (primary N) is 2. The van der Waals surface area contributed by atoms with E-state index in [1.807, 2.05) is 109 Å². The Morgan fingerprint density at radius 2 is 1.07 bits per heavy atom. The second-order valence-electron chi connectivity index (χ2n) is 11.2. The third-order valence-corrected chi connectivity index (χ3v) is 7.42. The van der Waals surface area contributed by atoms with Crippen molar-refractivity contribution in [2.45, 2.75) is 64.2 Å². The van der Waals surface area contributed by atoms with Crippen LogP contribution >= 0.6 is 0 Å². The van der Waals surface area contributed by atoms with Gasteiger partial charge in [0.05, 0.1) is 6.61 Å². The Morgan fingerprint density at radius 3 is 1.61 bits per heavy atom. The van der Waals surface area contributed by atoms with Crippen LogP contribution in [0.5, 0.6) is 17.2 Å². The van der Waals surface area contributed by atoms with Gasteiger partial charge in [0.1, 0.15) is 36.5 Å². The lowest BCUT2D eigenvalue weighted by atomic mass is 10.1. The molecule has 0 radical (unpaired) electrons. The van der Waals surface area contributed by atoms with Crippen molar-refractivity contribution in [3.05, 3.63) is 126 Å². The molecule has 4 aromatic rings. The maximum absolute atomic E-state index is 12.9. The van der Waals surface area contributed by atoms with E-state index in [0.717, 1.165) is 72.5 Å². The van der Waals surface area contributed by atoms with Gasteiger partial charge < -0.3 is 31.0 Å². The predicted octanol–water partition coefficient (Wildman–Crippen LogP) is 6.56. The van der Waals surface area contributed by atoms with E-state index in [2.05, 4.69) is 10.3 Å². The molecule has 242 valence electrons. The molecule has 8 heteroatoms. The summed E-state index contributed by atoms with van der Waals surface area (Å²) in [5, 5.41) is 3.00. The van der Waals surface area contributed by atoms with Crippen LogP contribution in [0.1, 0.15) is 55.2 Å². The van der Waals surface area contributed by atoms with Crippen LogP contribution in [0.4, 0.5) is 0 Å². The third kappa shape index (κ3) is 12.9. The maximum Gasteiger partial charge on any atom is 0.245 e. The molecule has 1 unspecified atom stereocenters. The van der Waals surface area contributed by atoms with Crippen molar-refractivity contribution in [2.24, 2.45) is 16.5 Å². The number of amides is 1. The molecule has 0 fully saturated rings. The lowest BCUT2D eigenvalue weighted by molar-refractivity contribution is -0.122. The lowest BCUT2D eigenvalue weighted by Crippen LogP contribution is -2.38. The van der Waals surface area contributed by atoms with Gasteiger partial charge in [-0.05, 0) is 65.9 Å². The van der Waals surface area contributed by atoms with Crippen LogP contribution in [-0.2, 0) is 24.4 Å². The largest absolute Gasteiger partial charge is 0.494 e. The molecule has 8 nitrogen and oxygen atoms in total. The first-order chi connectivity index (χ1) is 22.5. The first-order valence-corrected chi connectivity index (χ1v) is 16.1. The molecule has 5 N–H and O–H groups in total. The highest BCUT2D eigenvalue weighted by Crippen LogP contribution is 2.20. The predicted molar refractivity (Wildman–Crippen MR) is 184 cm³/mol. The number of rotatable bonds is 20. The van der Waals surface area contributed by atoms with E-state index in [0.29, 0.717) is 32.8 Å². The van der Waals surface area contributed by atoms with Crippen molar-refractivity contribution >= 4 is 11.9 Å². The van der Waals surface area contributed by atoms with Gasteiger partial charge in [-0.15, -0.1) is 0 Å². The summed E-state index contributed by atoms with van der Waals surface area (Å²) in [6.45, 7) is 2.33. The van der Waals surface area contributed by atoms with Gasteiger partial charge >= 0.3 is 0 Å². The Balaban J connectivity index is 1.04.